The highest BCUT2D eigenvalue weighted by Crippen LogP contribution is 2.27. The molecule has 0 unspecified atom stereocenters. The molecule has 0 spiro atoms. The van der Waals surface area contributed by atoms with Gasteiger partial charge in [-0.15, -0.1) is 0 Å². The Morgan fingerprint density at radius 3 is 2.79 bits per heavy atom. The van der Waals surface area contributed by atoms with Crippen LogP contribution in [-0.2, 0) is 0 Å². The van der Waals surface area contributed by atoms with Gasteiger partial charge in [0.1, 0.15) is 6.10 Å². The molecule has 0 bridgehead atoms. The fraction of sp³-hybridized carbons (Fsp3) is 0.500. The molecule has 1 saturated carbocycles. The van der Waals surface area contributed by atoms with E-state index in [1.165, 1.54) is 12.8 Å². The van der Waals surface area contributed by atoms with Gasteiger partial charge < -0.3 is 10.5 Å². The molecule has 1 heterocycles. The second kappa shape index (κ2) is 4.17. The Hall–Kier alpha value is -0.770. The summed E-state index contributed by atoms with van der Waals surface area (Å²) in [5.74, 6) is 0.570. The van der Waals surface area contributed by atoms with Crippen LogP contribution in [0.25, 0.3) is 0 Å². The van der Waals surface area contributed by atoms with Gasteiger partial charge >= 0.3 is 0 Å². The van der Waals surface area contributed by atoms with Gasteiger partial charge in [-0.25, -0.2) is 4.98 Å². The van der Waals surface area contributed by atoms with Crippen molar-refractivity contribution in [2.45, 2.75) is 31.8 Å². The summed E-state index contributed by atoms with van der Waals surface area (Å²) in [5.41, 5.74) is 6.39. The number of halogens is 1. The van der Waals surface area contributed by atoms with Gasteiger partial charge in [0.25, 0.3) is 0 Å². The number of anilines is 1. The van der Waals surface area contributed by atoms with E-state index in [1.807, 2.05) is 6.07 Å². The predicted molar refractivity (Wildman–Crippen MR) is 59.2 cm³/mol. The van der Waals surface area contributed by atoms with Gasteiger partial charge in [0.15, 0.2) is 0 Å². The van der Waals surface area contributed by atoms with Crippen molar-refractivity contribution in [3.63, 3.8) is 0 Å². The topological polar surface area (TPSA) is 48.1 Å². The standard InChI is InChI=1S/C10H13BrN2O/c11-7-5-9(12)10(13-6-7)14-8-3-1-2-4-8/h5-6,8H,1-4,12H2. The fourth-order valence-corrected chi connectivity index (χ4v) is 2.05. The van der Waals surface area contributed by atoms with Crippen LogP contribution in [-0.4, -0.2) is 11.1 Å². The van der Waals surface area contributed by atoms with Crippen molar-refractivity contribution >= 4 is 21.6 Å². The van der Waals surface area contributed by atoms with E-state index < -0.39 is 0 Å². The van der Waals surface area contributed by atoms with Gasteiger partial charge in [0.05, 0.1) is 5.69 Å². The van der Waals surface area contributed by atoms with Crippen LogP contribution in [0.5, 0.6) is 5.88 Å². The monoisotopic (exact) mass is 256 g/mol. The summed E-state index contributed by atoms with van der Waals surface area (Å²) < 4.78 is 6.59. The highest BCUT2D eigenvalue weighted by Gasteiger charge is 2.18. The van der Waals surface area contributed by atoms with E-state index in [0.29, 0.717) is 17.7 Å². The summed E-state index contributed by atoms with van der Waals surface area (Å²) in [4.78, 5) is 4.15. The van der Waals surface area contributed by atoms with E-state index in [9.17, 15) is 0 Å². The van der Waals surface area contributed by atoms with Crippen LogP contribution in [0.2, 0.25) is 0 Å². The Bertz CT molecular complexity index is 324. The number of aromatic nitrogens is 1. The van der Waals surface area contributed by atoms with E-state index in [1.54, 1.807) is 6.20 Å². The van der Waals surface area contributed by atoms with Gasteiger partial charge in [-0.3, -0.25) is 0 Å². The second-order valence-corrected chi connectivity index (χ2v) is 4.49. The van der Waals surface area contributed by atoms with Crippen LogP contribution < -0.4 is 10.5 Å². The highest BCUT2D eigenvalue weighted by atomic mass is 79.9. The minimum atomic E-state index is 0.311. The van der Waals surface area contributed by atoms with Crippen LogP contribution in [0.15, 0.2) is 16.7 Å². The number of hydrogen-bond donors (Lipinski definition) is 1. The summed E-state index contributed by atoms with van der Waals surface area (Å²) in [7, 11) is 0. The van der Waals surface area contributed by atoms with Gasteiger partial charge in [-0.2, -0.15) is 0 Å². The maximum Gasteiger partial charge on any atom is 0.237 e. The molecule has 2 rings (SSSR count). The molecule has 76 valence electrons. The molecule has 0 atom stereocenters. The van der Waals surface area contributed by atoms with Gasteiger partial charge in [0.2, 0.25) is 5.88 Å². The normalized spacial score (nSPS) is 17.2. The number of nitrogens with zero attached hydrogens (tertiary/aromatic N) is 1. The maximum absolute atomic E-state index is 5.78. The zero-order valence-corrected chi connectivity index (χ0v) is 9.46. The molecule has 1 aromatic rings. The third-order valence-electron chi connectivity index (χ3n) is 2.43. The van der Waals surface area contributed by atoms with E-state index in [2.05, 4.69) is 20.9 Å². The van der Waals surface area contributed by atoms with Gasteiger partial charge in [-0.1, -0.05) is 0 Å². The lowest BCUT2D eigenvalue weighted by molar-refractivity contribution is 0.203. The molecule has 14 heavy (non-hydrogen) atoms. The van der Waals surface area contributed by atoms with Crippen molar-refractivity contribution in [3.05, 3.63) is 16.7 Å². The van der Waals surface area contributed by atoms with Crippen LogP contribution in [0.3, 0.4) is 0 Å². The van der Waals surface area contributed by atoms with Crippen molar-refractivity contribution in [2.75, 3.05) is 5.73 Å². The van der Waals surface area contributed by atoms with Crippen molar-refractivity contribution in [1.82, 2.24) is 4.98 Å². The molecule has 1 aliphatic rings. The molecule has 2 N–H and O–H groups in total. The Kier molecular flexibility index (Phi) is 2.91. The quantitative estimate of drug-likeness (QED) is 0.886. The molecule has 0 saturated heterocycles. The minimum absolute atomic E-state index is 0.311. The zero-order chi connectivity index (χ0) is 9.97. The van der Waals surface area contributed by atoms with Crippen molar-refractivity contribution < 1.29 is 4.74 Å². The Balaban J connectivity index is 2.08. The van der Waals surface area contributed by atoms with Gasteiger partial charge in [-0.05, 0) is 47.7 Å². The molecule has 4 heteroatoms. The average Bonchev–Trinajstić information content (AvgIpc) is 2.62. The van der Waals surface area contributed by atoms with Crippen molar-refractivity contribution in [2.24, 2.45) is 0 Å². The Labute approximate surface area is 91.8 Å². The molecule has 0 radical (unpaired) electrons. The molecule has 0 amide bonds. The molecular formula is C10H13BrN2O. The molecular weight excluding hydrogens is 244 g/mol. The predicted octanol–water partition coefficient (Wildman–Crippen LogP) is 2.75. The first-order valence-corrected chi connectivity index (χ1v) is 5.62. The maximum atomic E-state index is 5.78. The molecule has 0 aromatic carbocycles. The number of nitrogen functional groups attached to an aromatic ring is 1. The lowest BCUT2D eigenvalue weighted by atomic mass is 10.3. The third kappa shape index (κ3) is 2.18. The second-order valence-electron chi connectivity index (χ2n) is 3.57. The number of nitrogens with two attached hydrogens (primary N) is 1. The lowest BCUT2D eigenvalue weighted by Crippen LogP contribution is -2.13. The first kappa shape index (κ1) is 9.77. The fourth-order valence-electron chi connectivity index (χ4n) is 1.70. The molecule has 1 aromatic heterocycles. The smallest absolute Gasteiger partial charge is 0.237 e. The molecule has 1 fully saturated rings. The van der Waals surface area contributed by atoms with E-state index in [4.69, 9.17) is 10.5 Å². The molecule has 1 aliphatic carbocycles. The largest absolute Gasteiger partial charge is 0.473 e. The van der Waals surface area contributed by atoms with E-state index in [0.717, 1.165) is 17.3 Å². The van der Waals surface area contributed by atoms with Crippen molar-refractivity contribution in [3.8, 4) is 5.88 Å². The Morgan fingerprint density at radius 2 is 2.14 bits per heavy atom. The summed E-state index contributed by atoms with van der Waals surface area (Å²) in [6.07, 6.45) is 6.77. The van der Waals surface area contributed by atoms with Crippen LogP contribution in [0, 0.1) is 0 Å². The molecule has 3 nitrogen and oxygen atoms in total. The SMILES string of the molecule is Nc1cc(Br)cnc1OC1CCCC1. The number of rotatable bonds is 2. The number of ether oxygens (including phenoxy) is 1. The first-order chi connectivity index (χ1) is 6.75. The van der Waals surface area contributed by atoms with Gasteiger partial charge in [0, 0.05) is 10.7 Å². The van der Waals surface area contributed by atoms with E-state index >= 15 is 0 Å². The van der Waals surface area contributed by atoms with Crippen LogP contribution in [0.1, 0.15) is 25.7 Å². The van der Waals surface area contributed by atoms with Crippen LogP contribution in [0.4, 0.5) is 5.69 Å². The van der Waals surface area contributed by atoms with Crippen LogP contribution >= 0.6 is 15.9 Å². The summed E-state index contributed by atoms with van der Waals surface area (Å²) in [6, 6.07) is 1.82. The van der Waals surface area contributed by atoms with E-state index in [-0.39, 0.29) is 0 Å². The lowest BCUT2D eigenvalue weighted by Gasteiger charge is -2.13. The highest BCUT2D eigenvalue weighted by molar-refractivity contribution is 9.10. The molecule has 0 aliphatic heterocycles. The zero-order valence-electron chi connectivity index (χ0n) is 7.87. The average molecular weight is 257 g/mol. The summed E-state index contributed by atoms with van der Waals surface area (Å²) in [6.45, 7) is 0. The summed E-state index contributed by atoms with van der Waals surface area (Å²) >= 11 is 3.31. The number of hydrogen-bond acceptors (Lipinski definition) is 3. The Morgan fingerprint density at radius 1 is 1.43 bits per heavy atom. The first-order valence-electron chi connectivity index (χ1n) is 4.83. The van der Waals surface area contributed by atoms with Crippen molar-refractivity contribution in [1.29, 1.82) is 0 Å². The minimum Gasteiger partial charge on any atom is -0.473 e. The number of pyridine rings is 1. The summed E-state index contributed by atoms with van der Waals surface area (Å²) in [5, 5.41) is 0. The third-order valence-corrected chi connectivity index (χ3v) is 2.86.